The van der Waals surface area contributed by atoms with Gasteiger partial charge in [0.05, 0.1) is 18.9 Å². The Balaban J connectivity index is 3.48. The summed E-state index contributed by atoms with van der Waals surface area (Å²) in [5, 5.41) is 8.98. The zero-order chi connectivity index (χ0) is 21.6. The van der Waals surface area contributed by atoms with Gasteiger partial charge in [0.15, 0.2) is 0 Å². The van der Waals surface area contributed by atoms with E-state index in [1.54, 1.807) is 0 Å². The van der Waals surface area contributed by atoms with Crippen molar-refractivity contribution in [3.8, 4) is 0 Å². The zero-order valence-corrected chi connectivity index (χ0v) is 19.0. The van der Waals surface area contributed by atoms with Crippen LogP contribution in [0.25, 0.3) is 0 Å². The number of allylic oxidation sites excluding steroid dienone is 1. The van der Waals surface area contributed by atoms with Gasteiger partial charge in [0, 0.05) is 0 Å². The Morgan fingerprint density at radius 3 is 1.69 bits per heavy atom. The molecule has 1 unspecified atom stereocenters. The molecule has 1 N–H and O–H groups in total. The summed E-state index contributed by atoms with van der Waals surface area (Å²) in [7, 11) is 0. The quantitative estimate of drug-likeness (QED) is 0.114. The molecule has 0 heterocycles. The molecule has 0 radical (unpaired) electrons. The summed E-state index contributed by atoms with van der Waals surface area (Å²) >= 11 is 0. The van der Waals surface area contributed by atoms with E-state index in [-0.39, 0.29) is 12.4 Å². The molecule has 0 aliphatic heterocycles. The van der Waals surface area contributed by atoms with E-state index < -0.39 is 11.9 Å². The number of unbranched alkanes of at least 4 members (excludes halogenated alkanes) is 14. The van der Waals surface area contributed by atoms with Crippen molar-refractivity contribution in [3.63, 3.8) is 0 Å². The molecule has 0 spiro atoms. The summed E-state index contributed by atoms with van der Waals surface area (Å²) in [6.07, 6.45) is 22.3. The second kappa shape index (κ2) is 21.4. The van der Waals surface area contributed by atoms with E-state index in [0.29, 0.717) is 13.0 Å². The Kier molecular flexibility index (Phi) is 20.4. The van der Waals surface area contributed by atoms with Crippen LogP contribution in [0.3, 0.4) is 0 Å². The van der Waals surface area contributed by atoms with Crippen LogP contribution in [0, 0.1) is 5.92 Å². The molecule has 170 valence electrons. The predicted octanol–water partition coefficient (Wildman–Crippen LogP) is 7.46. The van der Waals surface area contributed by atoms with Gasteiger partial charge in [-0.1, -0.05) is 96.5 Å². The first kappa shape index (κ1) is 27.7. The van der Waals surface area contributed by atoms with Crippen LogP contribution in [0.5, 0.6) is 0 Å². The first-order valence-electron chi connectivity index (χ1n) is 12.1. The number of hydrogen-bond donors (Lipinski definition) is 1. The summed E-state index contributed by atoms with van der Waals surface area (Å²) in [6, 6.07) is 0. The molecule has 0 aliphatic rings. The zero-order valence-electron chi connectivity index (χ0n) is 19.0. The summed E-state index contributed by atoms with van der Waals surface area (Å²) in [5.74, 6) is -1.75. The number of rotatable bonds is 22. The van der Waals surface area contributed by atoms with Crippen LogP contribution in [-0.4, -0.2) is 23.7 Å². The van der Waals surface area contributed by atoms with E-state index in [9.17, 15) is 9.59 Å². The number of esters is 1. The molecule has 1 atom stereocenters. The highest BCUT2D eigenvalue weighted by Crippen LogP contribution is 2.18. The van der Waals surface area contributed by atoms with Crippen molar-refractivity contribution in [2.24, 2.45) is 5.92 Å². The molecule has 0 saturated heterocycles. The third kappa shape index (κ3) is 19.8. The Labute approximate surface area is 179 Å². The normalized spacial score (nSPS) is 11.9. The van der Waals surface area contributed by atoms with Gasteiger partial charge in [-0.25, -0.2) is 0 Å². The SMILES string of the molecule is C=CCCCCCCCCCCCCCCCCC(CC(=O)O)C(=O)OCCC. The van der Waals surface area contributed by atoms with Crippen molar-refractivity contribution in [1.82, 2.24) is 0 Å². The predicted molar refractivity (Wildman–Crippen MR) is 121 cm³/mol. The molecule has 0 amide bonds. The maximum atomic E-state index is 11.9. The number of hydrogen-bond acceptors (Lipinski definition) is 3. The highest BCUT2D eigenvalue weighted by atomic mass is 16.5. The average molecular weight is 411 g/mol. The van der Waals surface area contributed by atoms with Crippen LogP contribution in [-0.2, 0) is 14.3 Å². The summed E-state index contributed by atoms with van der Waals surface area (Å²) in [4.78, 5) is 22.9. The monoisotopic (exact) mass is 410 g/mol. The van der Waals surface area contributed by atoms with Crippen molar-refractivity contribution in [3.05, 3.63) is 12.7 Å². The first-order chi connectivity index (χ1) is 14.1. The summed E-state index contributed by atoms with van der Waals surface area (Å²) in [5.41, 5.74) is 0. The third-order valence-electron chi connectivity index (χ3n) is 5.41. The molecular weight excluding hydrogens is 364 g/mol. The van der Waals surface area contributed by atoms with Gasteiger partial charge in [0.25, 0.3) is 0 Å². The maximum absolute atomic E-state index is 11.9. The van der Waals surface area contributed by atoms with Crippen LogP contribution in [0.2, 0.25) is 0 Å². The molecule has 4 heteroatoms. The lowest BCUT2D eigenvalue weighted by Crippen LogP contribution is -2.21. The highest BCUT2D eigenvalue weighted by molar-refractivity contribution is 5.79. The van der Waals surface area contributed by atoms with Crippen molar-refractivity contribution in [2.75, 3.05) is 6.61 Å². The fourth-order valence-electron chi connectivity index (χ4n) is 3.64. The lowest BCUT2D eigenvalue weighted by atomic mass is 9.97. The van der Waals surface area contributed by atoms with Gasteiger partial charge in [0.2, 0.25) is 0 Å². The lowest BCUT2D eigenvalue weighted by Gasteiger charge is -2.13. The summed E-state index contributed by atoms with van der Waals surface area (Å²) < 4.78 is 5.13. The Bertz CT molecular complexity index is 406. The molecule has 0 fully saturated rings. The van der Waals surface area contributed by atoms with Crippen LogP contribution in [0.15, 0.2) is 12.7 Å². The molecule has 0 aliphatic carbocycles. The largest absolute Gasteiger partial charge is 0.481 e. The minimum atomic E-state index is -0.920. The lowest BCUT2D eigenvalue weighted by molar-refractivity contribution is -0.153. The van der Waals surface area contributed by atoms with Gasteiger partial charge in [0.1, 0.15) is 0 Å². The number of carboxylic acids is 1. The van der Waals surface area contributed by atoms with Gasteiger partial charge >= 0.3 is 11.9 Å². The molecule has 0 bridgehead atoms. The van der Waals surface area contributed by atoms with Crippen molar-refractivity contribution < 1.29 is 19.4 Å². The minimum Gasteiger partial charge on any atom is -0.481 e. The molecule has 0 aromatic rings. The van der Waals surface area contributed by atoms with Crippen molar-refractivity contribution in [2.45, 2.75) is 122 Å². The molecule has 4 nitrogen and oxygen atoms in total. The van der Waals surface area contributed by atoms with E-state index in [1.807, 2.05) is 13.0 Å². The number of ether oxygens (including phenoxy) is 1. The Morgan fingerprint density at radius 1 is 0.828 bits per heavy atom. The number of aliphatic carboxylic acids is 1. The van der Waals surface area contributed by atoms with E-state index in [2.05, 4.69) is 6.58 Å². The third-order valence-corrected chi connectivity index (χ3v) is 5.41. The maximum Gasteiger partial charge on any atom is 0.309 e. The van der Waals surface area contributed by atoms with Crippen LogP contribution < -0.4 is 0 Å². The topological polar surface area (TPSA) is 63.6 Å². The second-order valence-electron chi connectivity index (χ2n) is 8.28. The number of carbonyl (C=O) groups is 2. The van der Waals surface area contributed by atoms with Gasteiger partial charge in [-0.15, -0.1) is 6.58 Å². The van der Waals surface area contributed by atoms with Gasteiger partial charge in [-0.05, 0) is 25.7 Å². The standard InChI is InChI=1S/C25H46O4/c1-3-5-6-7-8-9-10-11-12-13-14-15-16-17-18-19-20-23(22-24(26)27)25(28)29-21-4-2/h3,23H,1,4-22H2,2H3,(H,26,27). The minimum absolute atomic E-state index is 0.114. The van der Waals surface area contributed by atoms with E-state index in [0.717, 1.165) is 25.7 Å². The van der Waals surface area contributed by atoms with Crippen LogP contribution in [0.4, 0.5) is 0 Å². The van der Waals surface area contributed by atoms with E-state index in [1.165, 1.54) is 77.0 Å². The van der Waals surface area contributed by atoms with Crippen LogP contribution >= 0.6 is 0 Å². The number of carbonyl (C=O) groups excluding carboxylic acids is 1. The fraction of sp³-hybridized carbons (Fsp3) is 0.840. The molecule has 0 saturated carbocycles. The molecule has 0 aromatic heterocycles. The Hall–Kier alpha value is -1.32. The van der Waals surface area contributed by atoms with Crippen LogP contribution in [0.1, 0.15) is 122 Å². The number of carboxylic acid groups (broad SMARTS) is 1. The fourth-order valence-corrected chi connectivity index (χ4v) is 3.64. The van der Waals surface area contributed by atoms with Crippen molar-refractivity contribution in [1.29, 1.82) is 0 Å². The van der Waals surface area contributed by atoms with Gasteiger partial charge < -0.3 is 9.84 Å². The molecule has 0 rings (SSSR count). The smallest absolute Gasteiger partial charge is 0.309 e. The molecule has 0 aromatic carbocycles. The average Bonchev–Trinajstić information content (AvgIpc) is 2.70. The Morgan fingerprint density at radius 2 is 1.28 bits per heavy atom. The molecule has 29 heavy (non-hydrogen) atoms. The highest BCUT2D eigenvalue weighted by Gasteiger charge is 2.22. The first-order valence-corrected chi connectivity index (χ1v) is 12.1. The molecular formula is C25H46O4. The van der Waals surface area contributed by atoms with Crippen molar-refractivity contribution >= 4 is 11.9 Å². The van der Waals surface area contributed by atoms with E-state index >= 15 is 0 Å². The van der Waals surface area contributed by atoms with Gasteiger partial charge in [-0.3, -0.25) is 9.59 Å². The van der Waals surface area contributed by atoms with E-state index in [4.69, 9.17) is 9.84 Å². The van der Waals surface area contributed by atoms with Gasteiger partial charge in [-0.2, -0.15) is 0 Å². The second-order valence-corrected chi connectivity index (χ2v) is 8.28. The summed E-state index contributed by atoms with van der Waals surface area (Å²) in [6.45, 7) is 6.08.